The summed E-state index contributed by atoms with van der Waals surface area (Å²) in [5.74, 6) is 0.731. The van der Waals surface area contributed by atoms with Crippen LogP contribution in [-0.4, -0.2) is 21.5 Å². The van der Waals surface area contributed by atoms with E-state index in [1.807, 2.05) is 55.5 Å². The minimum atomic E-state index is -0.370. The molecule has 0 radical (unpaired) electrons. The van der Waals surface area contributed by atoms with Crippen molar-refractivity contribution in [2.45, 2.75) is 32.1 Å². The predicted molar refractivity (Wildman–Crippen MR) is 132 cm³/mol. The van der Waals surface area contributed by atoms with Gasteiger partial charge in [-0.15, -0.1) is 0 Å². The van der Waals surface area contributed by atoms with Crippen LogP contribution in [0.2, 0.25) is 0 Å². The van der Waals surface area contributed by atoms with E-state index >= 15 is 0 Å². The summed E-state index contributed by atoms with van der Waals surface area (Å²) in [5.41, 5.74) is 10.0. The summed E-state index contributed by atoms with van der Waals surface area (Å²) in [6.45, 7) is 1.85. The van der Waals surface area contributed by atoms with Crippen molar-refractivity contribution in [3.63, 3.8) is 0 Å². The maximum absolute atomic E-state index is 12.5. The Morgan fingerprint density at radius 3 is 2.58 bits per heavy atom. The second-order valence-corrected chi connectivity index (χ2v) is 9.55. The Bertz CT molecular complexity index is 1350. The van der Waals surface area contributed by atoms with Gasteiger partial charge in [0.25, 0.3) is 0 Å². The average Bonchev–Trinajstić information content (AvgIpc) is 3.18. The van der Waals surface area contributed by atoms with E-state index < -0.39 is 0 Å². The quantitative estimate of drug-likeness (QED) is 0.425. The molecule has 0 amide bonds. The normalized spacial score (nSPS) is 18.6. The number of benzene rings is 2. The molecule has 1 saturated carbocycles. The summed E-state index contributed by atoms with van der Waals surface area (Å²) in [7, 11) is 0. The molecule has 2 atom stereocenters. The van der Waals surface area contributed by atoms with Gasteiger partial charge < -0.3 is 11.1 Å². The summed E-state index contributed by atoms with van der Waals surface area (Å²) in [6, 6.07) is 19.9. The molecule has 2 heterocycles. The third kappa shape index (κ3) is 4.50. The topological polar surface area (TPSA) is 98.0 Å². The van der Waals surface area contributed by atoms with Crippen molar-refractivity contribution < 1.29 is 9.59 Å². The fourth-order valence-electron chi connectivity index (χ4n) is 4.48. The number of thiazole rings is 1. The highest BCUT2D eigenvalue weighted by atomic mass is 32.1. The first kappa shape index (κ1) is 21.3. The molecule has 7 heteroatoms. The van der Waals surface area contributed by atoms with Gasteiger partial charge in [-0.25, -0.2) is 9.97 Å². The molecule has 2 unspecified atom stereocenters. The molecule has 2 aromatic heterocycles. The summed E-state index contributed by atoms with van der Waals surface area (Å²) in [6.07, 6.45) is 1.44. The van der Waals surface area contributed by atoms with Crippen LogP contribution in [0.25, 0.3) is 10.2 Å². The Balaban J connectivity index is 1.40. The fourth-order valence-corrected chi connectivity index (χ4v) is 5.40. The molecule has 4 aromatic rings. The lowest BCUT2D eigenvalue weighted by Crippen LogP contribution is -2.31. The number of Topliss-reactive ketones (excluding diaryl/α,β-unsaturated/α-hetero) is 2. The lowest BCUT2D eigenvalue weighted by molar-refractivity contribution is -0.134. The number of fused-ring (bicyclic) bond motifs is 1. The monoisotopic (exact) mass is 456 g/mol. The number of ketones is 2. The van der Waals surface area contributed by atoms with Gasteiger partial charge in [0, 0.05) is 18.8 Å². The highest BCUT2D eigenvalue weighted by Gasteiger charge is 2.35. The standard InChI is InChI=1S/C26H24N4O2S/c1-15-20(31)9-10-21(32)25(15)18-7-8-19-22(14-18)33-26(28-19)30-24-13-17(12-23(27)29-24)11-16-5-3-2-4-6-16/h2-8,12-15,25H,9-11H2,1H3,(H3,27,28,29,30). The minimum absolute atomic E-state index is 0.138. The zero-order valence-electron chi connectivity index (χ0n) is 18.2. The molecule has 0 spiro atoms. The number of pyridine rings is 1. The van der Waals surface area contributed by atoms with Crippen LogP contribution in [0.1, 0.15) is 42.4 Å². The molecule has 6 nitrogen and oxygen atoms in total. The molecule has 166 valence electrons. The van der Waals surface area contributed by atoms with Crippen molar-refractivity contribution in [2.24, 2.45) is 5.92 Å². The van der Waals surface area contributed by atoms with Crippen molar-refractivity contribution in [3.05, 3.63) is 77.4 Å². The van der Waals surface area contributed by atoms with Crippen LogP contribution in [-0.2, 0) is 16.0 Å². The van der Waals surface area contributed by atoms with Crippen LogP contribution in [0.4, 0.5) is 16.8 Å². The lowest BCUT2D eigenvalue weighted by Gasteiger charge is -2.26. The van der Waals surface area contributed by atoms with E-state index in [9.17, 15) is 9.59 Å². The summed E-state index contributed by atoms with van der Waals surface area (Å²) >= 11 is 1.49. The number of nitrogens with zero attached hydrogens (tertiary/aromatic N) is 2. The Morgan fingerprint density at radius 2 is 1.76 bits per heavy atom. The maximum Gasteiger partial charge on any atom is 0.189 e. The van der Waals surface area contributed by atoms with Crippen LogP contribution in [0.5, 0.6) is 0 Å². The number of aromatic nitrogens is 2. The van der Waals surface area contributed by atoms with E-state index in [0.717, 1.165) is 27.8 Å². The smallest absolute Gasteiger partial charge is 0.189 e. The largest absolute Gasteiger partial charge is 0.384 e. The van der Waals surface area contributed by atoms with Gasteiger partial charge in [-0.05, 0) is 47.4 Å². The number of rotatable bonds is 5. The maximum atomic E-state index is 12.5. The van der Waals surface area contributed by atoms with Gasteiger partial charge in [0.05, 0.1) is 16.1 Å². The van der Waals surface area contributed by atoms with Gasteiger partial charge in [-0.3, -0.25) is 9.59 Å². The molecular formula is C26H24N4O2S. The van der Waals surface area contributed by atoms with Crippen molar-refractivity contribution in [1.82, 2.24) is 9.97 Å². The third-order valence-corrected chi connectivity index (χ3v) is 7.07. The first-order valence-corrected chi connectivity index (χ1v) is 11.8. The Labute approximate surface area is 195 Å². The number of carbonyl (C=O) groups is 2. The van der Waals surface area contributed by atoms with E-state index in [1.165, 1.54) is 16.9 Å². The number of anilines is 3. The first-order valence-electron chi connectivity index (χ1n) is 11.0. The zero-order valence-corrected chi connectivity index (χ0v) is 19.1. The summed E-state index contributed by atoms with van der Waals surface area (Å²) in [4.78, 5) is 33.8. The number of nitrogens with one attached hydrogen (secondary N) is 1. The van der Waals surface area contributed by atoms with E-state index in [-0.39, 0.29) is 23.4 Å². The van der Waals surface area contributed by atoms with Crippen molar-refractivity contribution in [3.8, 4) is 0 Å². The Kier molecular flexibility index (Phi) is 5.64. The van der Waals surface area contributed by atoms with Crippen LogP contribution >= 0.6 is 11.3 Å². The lowest BCUT2D eigenvalue weighted by atomic mass is 9.75. The fraction of sp³-hybridized carbons (Fsp3) is 0.231. The number of carbonyl (C=O) groups excluding carboxylic acids is 2. The van der Waals surface area contributed by atoms with Crippen LogP contribution in [0.3, 0.4) is 0 Å². The summed E-state index contributed by atoms with van der Waals surface area (Å²) in [5, 5.41) is 3.98. The number of hydrogen-bond acceptors (Lipinski definition) is 7. The van der Waals surface area contributed by atoms with E-state index in [1.54, 1.807) is 0 Å². The molecular weight excluding hydrogens is 432 g/mol. The Hall–Kier alpha value is -3.58. The van der Waals surface area contributed by atoms with Crippen LogP contribution in [0, 0.1) is 5.92 Å². The molecule has 0 bridgehead atoms. The molecule has 0 aliphatic heterocycles. The van der Waals surface area contributed by atoms with Crippen LogP contribution < -0.4 is 11.1 Å². The molecule has 0 saturated heterocycles. The second kappa shape index (κ2) is 8.75. The molecule has 2 aromatic carbocycles. The zero-order chi connectivity index (χ0) is 22.9. The molecule has 33 heavy (non-hydrogen) atoms. The number of nitrogens with two attached hydrogens (primary N) is 1. The van der Waals surface area contributed by atoms with Gasteiger partial charge >= 0.3 is 0 Å². The van der Waals surface area contributed by atoms with Crippen LogP contribution in [0.15, 0.2) is 60.7 Å². The van der Waals surface area contributed by atoms with Crippen molar-refractivity contribution in [2.75, 3.05) is 11.1 Å². The summed E-state index contributed by atoms with van der Waals surface area (Å²) < 4.78 is 0.960. The third-order valence-electron chi connectivity index (χ3n) is 6.14. The highest BCUT2D eigenvalue weighted by molar-refractivity contribution is 7.22. The predicted octanol–water partition coefficient (Wildman–Crippen LogP) is 5.26. The van der Waals surface area contributed by atoms with Gasteiger partial charge in [0.15, 0.2) is 5.13 Å². The Morgan fingerprint density at radius 1 is 0.970 bits per heavy atom. The molecule has 1 fully saturated rings. The molecule has 5 rings (SSSR count). The van der Waals surface area contributed by atoms with Gasteiger partial charge in [-0.2, -0.15) is 0 Å². The highest BCUT2D eigenvalue weighted by Crippen LogP contribution is 2.36. The second-order valence-electron chi connectivity index (χ2n) is 8.52. The van der Waals surface area contributed by atoms with Gasteiger partial charge in [-0.1, -0.05) is 54.7 Å². The van der Waals surface area contributed by atoms with Crippen molar-refractivity contribution >= 4 is 49.9 Å². The first-order chi connectivity index (χ1) is 16.0. The molecule has 1 aliphatic carbocycles. The number of nitrogen functional groups attached to an aromatic ring is 1. The van der Waals surface area contributed by atoms with E-state index in [0.29, 0.717) is 29.6 Å². The SMILES string of the molecule is CC1C(=O)CCC(=O)C1c1ccc2nc(Nc3cc(Cc4ccccc4)cc(N)n3)sc2c1. The van der Waals surface area contributed by atoms with Crippen molar-refractivity contribution in [1.29, 1.82) is 0 Å². The van der Waals surface area contributed by atoms with Gasteiger partial charge in [0.1, 0.15) is 23.2 Å². The van der Waals surface area contributed by atoms with E-state index in [2.05, 4.69) is 27.4 Å². The number of hydrogen-bond donors (Lipinski definition) is 2. The van der Waals surface area contributed by atoms with E-state index in [4.69, 9.17) is 5.73 Å². The molecule has 3 N–H and O–H groups in total. The minimum Gasteiger partial charge on any atom is -0.384 e. The average molecular weight is 457 g/mol. The molecule has 1 aliphatic rings. The van der Waals surface area contributed by atoms with Gasteiger partial charge in [0.2, 0.25) is 0 Å².